The standard InChI is InChI=1S/C28H38N6O3/c35-25(29-20-5-1-2-6-20)16-18-9-10-24-22(15-18)26(32-34(24)28(37)30-21-7-3-4-8-21)27(36)31-23-17-33-13-11-19(23)12-14-33/h9-10,15,19-21,23H,1-8,11-14,16-17H2,(H,29,35)(H,30,37)(H,31,36)/t23-/m0/s1. The monoisotopic (exact) mass is 506 g/mol. The lowest BCUT2D eigenvalue weighted by Crippen LogP contribution is -2.57. The van der Waals surface area contributed by atoms with Gasteiger partial charge in [0.05, 0.1) is 11.9 Å². The molecule has 9 nitrogen and oxygen atoms in total. The first-order chi connectivity index (χ1) is 18.0. The first kappa shape index (κ1) is 24.4. The van der Waals surface area contributed by atoms with Crippen LogP contribution in [0.3, 0.4) is 0 Å². The van der Waals surface area contributed by atoms with Gasteiger partial charge in [0, 0.05) is 30.1 Å². The molecule has 2 saturated carbocycles. The van der Waals surface area contributed by atoms with Gasteiger partial charge in [0.2, 0.25) is 5.91 Å². The SMILES string of the molecule is O=C(Cc1ccc2c(c1)c(C(=O)N[C@H]1CN3CCC1CC3)nn2C(=O)NC1CCCC1)NC1CCCC1. The molecule has 5 fully saturated rings. The van der Waals surface area contributed by atoms with Crippen LogP contribution in [0.15, 0.2) is 18.2 Å². The summed E-state index contributed by atoms with van der Waals surface area (Å²) in [5, 5.41) is 14.6. The zero-order chi connectivity index (χ0) is 25.4. The van der Waals surface area contributed by atoms with Gasteiger partial charge in [-0.05, 0) is 75.2 Å². The van der Waals surface area contributed by atoms with Gasteiger partial charge in [0.15, 0.2) is 5.69 Å². The molecule has 3 amide bonds. The number of rotatable bonds is 6. The molecule has 1 atom stereocenters. The Balaban J connectivity index is 1.26. The summed E-state index contributed by atoms with van der Waals surface area (Å²) < 4.78 is 1.33. The lowest BCUT2D eigenvalue weighted by atomic mass is 9.84. The van der Waals surface area contributed by atoms with Gasteiger partial charge in [-0.25, -0.2) is 4.79 Å². The summed E-state index contributed by atoms with van der Waals surface area (Å²) in [5.41, 5.74) is 1.66. The molecular weight excluding hydrogens is 468 g/mol. The van der Waals surface area contributed by atoms with Gasteiger partial charge in [-0.1, -0.05) is 31.7 Å². The maximum atomic E-state index is 13.5. The fourth-order valence-corrected chi connectivity index (χ4v) is 6.80. The minimum atomic E-state index is -0.300. The van der Waals surface area contributed by atoms with Crippen molar-refractivity contribution < 1.29 is 14.4 Å². The number of hydrogen-bond acceptors (Lipinski definition) is 5. The topological polar surface area (TPSA) is 108 Å². The molecule has 9 heteroatoms. The molecule has 3 N–H and O–H groups in total. The zero-order valence-electron chi connectivity index (χ0n) is 21.5. The minimum absolute atomic E-state index is 0.00380. The van der Waals surface area contributed by atoms with E-state index in [1.165, 1.54) is 4.68 Å². The smallest absolute Gasteiger partial charge is 0.342 e. The molecule has 2 aromatic rings. The van der Waals surface area contributed by atoms with Crippen molar-refractivity contribution >= 4 is 28.7 Å². The van der Waals surface area contributed by atoms with Crippen LogP contribution in [0, 0.1) is 5.92 Å². The molecule has 3 aliphatic heterocycles. The number of carbonyl (C=O) groups is 3. The fourth-order valence-electron chi connectivity index (χ4n) is 6.80. The number of carbonyl (C=O) groups excluding carboxylic acids is 3. The van der Waals surface area contributed by atoms with Gasteiger partial charge >= 0.3 is 6.03 Å². The average molecular weight is 507 g/mol. The lowest BCUT2D eigenvalue weighted by Gasteiger charge is -2.44. The Labute approximate surface area is 217 Å². The van der Waals surface area contributed by atoms with Crippen LogP contribution in [-0.4, -0.2) is 70.3 Å². The van der Waals surface area contributed by atoms with Crippen molar-refractivity contribution in [3.8, 4) is 0 Å². The summed E-state index contributed by atoms with van der Waals surface area (Å²) in [6, 6.07) is 5.76. The van der Waals surface area contributed by atoms with Crippen LogP contribution < -0.4 is 16.0 Å². The number of nitrogens with one attached hydrogen (secondary N) is 3. The van der Waals surface area contributed by atoms with Gasteiger partial charge in [-0.2, -0.15) is 9.78 Å². The summed E-state index contributed by atoms with van der Waals surface area (Å²) in [7, 11) is 0. The molecule has 198 valence electrons. The summed E-state index contributed by atoms with van der Waals surface area (Å²) in [4.78, 5) is 41.8. The number of benzene rings is 1. The largest absolute Gasteiger partial charge is 0.353 e. The summed E-state index contributed by atoms with van der Waals surface area (Å²) >= 11 is 0. The molecule has 0 spiro atoms. The molecule has 37 heavy (non-hydrogen) atoms. The van der Waals surface area contributed by atoms with E-state index in [0.717, 1.165) is 89.4 Å². The molecule has 0 radical (unpaired) electrons. The van der Waals surface area contributed by atoms with Crippen molar-refractivity contribution in [1.29, 1.82) is 0 Å². The van der Waals surface area contributed by atoms with Crippen molar-refractivity contribution in [3.63, 3.8) is 0 Å². The first-order valence-electron chi connectivity index (χ1n) is 14.2. The second kappa shape index (κ2) is 10.4. The predicted octanol–water partition coefficient (Wildman–Crippen LogP) is 2.96. The highest BCUT2D eigenvalue weighted by atomic mass is 16.2. The Bertz CT molecular complexity index is 1170. The highest BCUT2D eigenvalue weighted by Crippen LogP contribution is 2.29. The molecule has 0 unspecified atom stereocenters. The van der Waals surface area contributed by atoms with Gasteiger partial charge in [-0.15, -0.1) is 0 Å². The van der Waals surface area contributed by atoms with E-state index in [4.69, 9.17) is 0 Å². The molecule has 2 aliphatic carbocycles. The summed E-state index contributed by atoms with van der Waals surface area (Å²) in [5.74, 6) is 0.238. The minimum Gasteiger partial charge on any atom is -0.353 e. The van der Waals surface area contributed by atoms with E-state index in [2.05, 4.69) is 25.9 Å². The molecular formula is C28H38N6O3. The number of aromatic nitrogens is 2. The van der Waals surface area contributed by atoms with Crippen LogP contribution in [0.5, 0.6) is 0 Å². The van der Waals surface area contributed by atoms with Crippen molar-refractivity contribution in [2.24, 2.45) is 5.92 Å². The number of piperidine rings is 3. The number of hydrogen-bond donors (Lipinski definition) is 3. The van der Waals surface area contributed by atoms with E-state index < -0.39 is 0 Å². The van der Waals surface area contributed by atoms with Crippen LogP contribution in [0.4, 0.5) is 4.79 Å². The van der Waals surface area contributed by atoms with Crippen molar-refractivity contribution in [2.45, 2.75) is 88.8 Å². The van der Waals surface area contributed by atoms with Crippen LogP contribution in [-0.2, 0) is 11.2 Å². The summed E-state index contributed by atoms with van der Waals surface area (Å²) in [6.45, 7) is 3.06. The Morgan fingerprint density at radius 1 is 0.865 bits per heavy atom. The third-order valence-corrected chi connectivity index (χ3v) is 8.89. The Morgan fingerprint density at radius 2 is 1.54 bits per heavy atom. The fraction of sp³-hybridized carbons (Fsp3) is 0.643. The second-order valence-corrected chi connectivity index (χ2v) is 11.5. The van der Waals surface area contributed by atoms with Crippen molar-refractivity contribution in [1.82, 2.24) is 30.6 Å². The summed E-state index contributed by atoms with van der Waals surface area (Å²) in [6.07, 6.45) is 11.0. The molecule has 3 saturated heterocycles. The molecule has 5 aliphatic rings. The molecule has 1 aromatic heterocycles. The van der Waals surface area contributed by atoms with Gasteiger partial charge in [-0.3, -0.25) is 9.59 Å². The maximum Gasteiger partial charge on any atom is 0.342 e. The Hall–Kier alpha value is -2.94. The van der Waals surface area contributed by atoms with E-state index in [-0.39, 0.29) is 48.1 Å². The quantitative estimate of drug-likeness (QED) is 0.558. The number of fused-ring (bicyclic) bond motifs is 4. The molecule has 4 heterocycles. The maximum absolute atomic E-state index is 13.5. The lowest BCUT2D eigenvalue weighted by molar-refractivity contribution is -0.121. The highest BCUT2D eigenvalue weighted by molar-refractivity contribution is 6.07. The van der Waals surface area contributed by atoms with E-state index in [1.54, 1.807) is 0 Å². The van der Waals surface area contributed by atoms with E-state index in [0.29, 0.717) is 16.8 Å². The van der Waals surface area contributed by atoms with E-state index in [1.807, 2.05) is 18.2 Å². The Kier molecular flexibility index (Phi) is 6.88. The van der Waals surface area contributed by atoms with Crippen molar-refractivity contribution in [2.75, 3.05) is 19.6 Å². The second-order valence-electron chi connectivity index (χ2n) is 11.5. The molecule has 2 bridgehead atoms. The van der Waals surface area contributed by atoms with Crippen LogP contribution >= 0.6 is 0 Å². The first-order valence-corrected chi connectivity index (χ1v) is 14.2. The van der Waals surface area contributed by atoms with Gasteiger partial charge in [0.25, 0.3) is 5.91 Å². The third kappa shape index (κ3) is 5.23. The van der Waals surface area contributed by atoms with Gasteiger partial charge < -0.3 is 20.9 Å². The van der Waals surface area contributed by atoms with E-state index in [9.17, 15) is 14.4 Å². The van der Waals surface area contributed by atoms with Crippen molar-refractivity contribution in [3.05, 3.63) is 29.5 Å². The van der Waals surface area contributed by atoms with Crippen LogP contribution in [0.1, 0.15) is 80.3 Å². The van der Waals surface area contributed by atoms with Gasteiger partial charge in [0.1, 0.15) is 0 Å². The van der Waals surface area contributed by atoms with Crippen LogP contribution in [0.25, 0.3) is 10.9 Å². The third-order valence-electron chi connectivity index (χ3n) is 8.89. The zero-order valence-corrected chi connectivity index (χ0v) is 21.5. The predicted molar refractivity (Wildman–Crippen MR) is 140 cm³/mol. The molecule has 1 aromatic carbocycles. The van der Waals surface area contributed by atoms with E-state index >= 15 is 0 Å². The van der Waals surface area contributed by atoms with Crippen LogP contribution in [0.2, 0.25) is 0 Å². The molecule has 7 rings (SSSR count). The average Bonchev–Trinajstić information content (AvgIpc) is 3.66. The number of amides is 3. The Morgan fingerprint density at radius 3 is 2.19 bits per heavy atom. The number of nitrogens with zero attached hydrogens (tertiary/aromatic N) is 3. The normalized spacial score (nSPS) is 26.0. The highest BCUT2D eigenvalue weighted by Gasteiger charge is 2.36.